The zero-order valence-electron chi connectivity index (χ0n) is 10.5. The van der Waals surface area contributed by atoms with E-state index in [9.17, 15) is 8.42 Å². The van der Waals surface area contributed by atoms with Gasteiger partial charge in [0.1, 0.15) is 5.76 Å². The SMILES string of the molecule is CNS(=O)(=O)c1ccc(CNc2ccc(Cl)cc2Br)o1. The van der Waals surface area contributed by atoms with Crippen LogP contribution in [0.2, 0.25) is 5.02 Å². The highest BCUT2D eigenvalue weighted by molar-refractivity contribution is 9.10. The molecule has 2 aromatic rings. The first kappa shape index (κ1) is 15.4. The molecule has 8 heteroatoms. The monoisotopic (exact) mass is 378 g/mol. The van der Waals surface area contributed by atoms with Crippen LogP contribution in [0, 0.1) is 0 Å². The van der Waals surface area contributed by atoms with Gasteiger partial charge in [-0.3, -0.25) is 0 Å². The third-order valence-corrected chi connectivity index (χ3v) is 4.73. The standard InChI is InChI=1S/C12H12BrClN2O3S/c1-15-20(17,18)12-5-3-9(19-12)7-16-11-4-2-8(14)6-10(11)13/h2-6,15-16H,7H2,1H3. The Morgan fingerprint density at radius 3 is 2.70 bits per heavy atom. The largest absolute Gasteiger partial charge is 0.446 e. The first-order valence-electron chi connectivity index (χ1n) is 5.63. The Kier molecular flexibility index (Phi) is 4.74. The van der Waals surface area contributed by atoms with Crippen LogP contribution in [0.1, 0.15) is 5.76 Å². The average molecular weight is 380 g/mol. The predicted molar refractivity (Wildman–Crippen MR) is 81.4 cm³/mol. The molecule has 0 aliphatic rings. The van der Waals surface area contributed by atoms with E-state index in [4.69, 9.17) is 16.0 Å². The lowest BCUT2D eigenvalue weighted by Crippen LogP contribution is -2.17. The summed E-state index contributed by atoms with van der Waals surface area (Å²) in [6.07, 6.45) is 0. The predicted octanol–water partition coefficient (Wildman–Crippen LogP) is 3.22. The highest BCUT2D eigenvalue weighted by Crippen LogP contribution is 2.26. The van der Waals surface area contributed by atoms with Gasteiger partial charge in [0.05, 0.1) is 6.54 Å². The van der Waals surface area contributed by atoms with Crippen molar-refractivity contribution in [3.63, 3.8) is 0 Å². The minimum Gasteiger partial charge on any atom is -0.446 e. The number of benzene rings is 1. The van der Waals surface area contributed by atoms with Gasteiger partial charge in [-0.15, -0.1) is 0 Å². The summed E-state index contributed by atoms with van der Waals surface area (Å²) in [5.41, 5.74) is 0.837. The van der Waals surface area contributed by atoms with E-state index in [1.807, 2.05) is 6.07 Å². The highest BCUT2D eigenvalue weighted by atomic mass is 79.9. The maximum Gasteiger partial charge on any atom is 0.273 e. The van der Waals surface area contributed by atoms with Crippen molar-refractivity contribution < 1.29 is 12.8 Å². The van der Waals surface area contributed by atoms with Crippen molar-refractivity contribution in [1.29, 1.82) is 0 Å². The summed E-state index contributed by atoms with van der Waals surface area (Å²) in [4.78, 5) is 0. The van der Waals surface area contributed by atoms with Crippen LogP contribution >= 0.6 is 27.5 Å². The van der Waals surface area contributed by atoms with Gasteiger partial charge in [-0.05, 0) is 53.3 Å². The van der Waals surface area contributed by atoms with Crippen molar-refractivity contribution in [3.8, 4) is 0 Å². The maximum atomic E-state index is 11.5. The van der Waals surface area contributed by atoms with E-state index in [0.717, 1.165) is 10.2 Å². The van der Waals surface area contributed by atoms with Gasteiger partial charge >= 0.3 is 0 Å². The van der Waals surface area contributed by atoms with Crippen molar-refractivity contribution in [1.82, 2.24) is 4.72 Å². The Bertz CT molecular complexity index is 715. The third kappa shape index (κ3) is 3.54. The molecular weight excluding hydrogens is 368 g/mol. The number of furan rings is 1. The van der Waals surface area contributed by atoms with Gasteiger partial charge in [0.2, 0.25) is 5.09 Å². The molecule has 0 aliphatic carbocycles. The minimum absolute atomic E-state index is 0.105. The number of halogens is 2. The molecule has 0 radical (unpaired) electrons. The van der Waals surface area contributed by atoms with Crippen LogP contribution < -0.4 is 10.0 Å². The Morgan fingerprint density at radius 2 is 2.05 bits per heavy atom. The van der Waals surface area contributed by atoms with E-state index in [-0.39, 0.29) is 5.09 Å². The summed E-state index contributed by atoms with van der Waals surface area (Å²) in [6.45, 7) is 0.361. The van der Waals surface area contributed by atoms with Crippen LogP contribution in [-0.2, 0) is 16.6 Å². The van der Waals surface area contributed by atoms with Gasteiger partial charge in [-0.1, -0.05) is 11.6 Å². The molecule has 20 heavy (non-hydrogen) atoms. The molecule has 0 saturated heterocycles. The van der Waals surface area contributed by atoms with Crippen molar-refractivity contribution in [3.05, 3.63) is 45.6 Å². The zero-order valence-corrected chi connectivity index (χ0v) is 13.6. The lowest BCUT2D eigenvalue weighted by Gasteiger charge is -2.07. The number of nitrogens with one attached hydrogen (secondary N) is 2. The van der Waals surface area contributed by atoms with Gasteiger partial charge < -0.3 is 9.73 Å². The van der Waals surface area contributed by atoms with Crippen LogP contribution in [0.15, 0.2) is 44.3 Å². The van der Waals surface area contributed by atoms with Crippen molar-refractivity contribution >= 4 is 43.2 Å². The van der Waals surface area contributed by atoms with E-state index < -0.39 is 10.0 Å². The smallest absolute Gasteiger partial charge is 0.273 e. The number of rotatable bonds is 5. The summed E-state index contributed by atoms with van der Waals surface area (Å²) >= 11 is 9.24. The molecule has 0 unspecified atom stereocenters. The lowest BCUT2D eigenvalue weighted by molar-refractivity contribution is 0.417. The van der Waals surface area contributed by atoms with Crippen molar-refractivity contribution in [2.45, 2.75) is 11.6 Å². The lowest BCUT2D eigenvalue weighted by atomic mass is 10.3. The van der Waals surface area contributed by atoms with Gasteiger partial charge in [0.15, 0.2) is 0 Å². The molecule has 0 saturated carbocycles. The summed E-state index contributed by atoms with van der Waals surface area (Å²) in [5.74, 6) is 0.515. The molecule has 1 aromatic heterocycles. The topological polar surface area (TPSA) is 71.3 Å². The number of sulfonamides is 1. The molecule has 0 amide bonds. The van der Waals surface area contributed by atoms with E-state index in [0.29, 0.717) is 17.3 Å². The van der Waals surface area contributed by atoms with Crippen LogP contribution in [-0.4, -0.2) is 15.5 Å². The molecule has 2 rings (SSSR count). The molecule has 2 N–H and O–H groups in total. The Labute approximate surface area is 130 Å². The van der Waals surface area contributed by atoms with E-state index in [1.165, 1.54) is 13.1 Å². The first-order valence-corrected chi connectivity index (χ1v) is 8.29. The second kappa shape index (κ2) is 6.17. The third-order valence-electron chi connectivity index (χ3n) is 2.55. The van der Waals surface area contributed by atoms with Gasteiger partial charge in [-0.2, -0.15) is 0 Å². The Morgan fingerprint density at radius 1 is 1.30 bits per heavy atom. The van der Waals surface area contributed by atoms with Crippen LogP contribution in [0.5, 0.6) is 0 Å². The van der Waals surface area contributed by atoms with Crippen molar-refractivity contribution in [2.75, 3.05) is 12.4 Å². The molecule has 0 aliphatic heterocycles. The van der Waals surface area contributed by atoms with Crippen LogP contribution in [0.4, 0.5) is 5.69 Å². The number of hydrogen-bond donors (Lipinski definition) is 2. The van der Waals surface area contributed by atoms with E-state index >= 15 is 0 Å². The first-order chi connectivity index (χ1) is 9.42. The van der Waals surface area contributed by atoms with Crippen LogP contribution in [0.25, 0.3) is 0 Å². The molecule has 1 aromatic carbocycles. The quantitative estimate of drug-likeness (QED) is 0.837. The fourth-order valence-electron chi connectivity index (χ4n) is 1.51. The summed E-state index contributed by atoms with van der Waals surface area (Å²) in [7, 11) is -2.21. The average Bonchev–Trinajstić information content (AvgIpc) is 2.87. The molecule has 0 bridgehead atoms. The molecule has 5 nitrogen and oxygen atoms in total. The summed E-state index contributed by atoms with van der Waals surface area (Å²) in [5, 5.41) is 3.65. The number of hydrogen-bond acceptors (Lipinski definition) is 4. The van der Waals surface area contributed by atoms with Crippen LogP contribution in [0.3, 0.4) is 0 Å². The van der Waals surface area contributed by atoms with Gasteiger partial charge in [-0.25, -0.2) is 13.1 Å². The molecule has 108 valence electrons. The summed E-state index contributed by atoms with van der Waals surface area (Å²) < 4.78 is 31.4. The molecule has 0 spiro atoms. The second-order valence-corrected chi connectivity index (χ2v) is 7.01. The number of anilines is 1. The molecule has 0 fully saturated rings. The Hall–Kier alpha value is -1.02. The normalized spacial score (nSPS) is 11.6. The molecular formula is C12H12BrClN2O3S. The second-order valence-electron chi connectivity index (χ2n) is 3.91. The zero-order chi connectivity index (χ0) is 14.8. The van der Waals surface area contributed by atoms with Gasteiger partial charge in [0, 0.05) is 15.2 Å². The van der Waals surface area contributed by atoms with E-state index in [1.54, 1.807) is 18.2 Å². The molecule has 1 heterocycles. The highest BCUT2D eigenvalue weighted by Gasteiger charge is 2.16. The van der Waals surface area contributed by atoms with Gasteiger partial charge in [0.25, 0.3) is 10.0 Å². The fourth-order valence-corrected chi connectivity index (χ4v) is 3.00. The van der Waals surface area contributed by atoms with E-state index in [2.05, 4.69) is 26.0 Å². The Balaban J connectivity index is 2.08. The minimum atomic E-state index is -3.55. The maximum absolute atomic E-state index is 11.5. The van der Waals surface area contributed by atoms with Crippen molar-refractivity contribution in [2.24, 2.45) is 0 Å². The summed E-state index contributed by atoms with van der Waals surface area (Å²) in [6, 6.07) is 8.37. The molecule has 0 atom stereocenters. The fraction of sp³-hybridized carbons (Fsp3) is 0.167.